The van der Waals surface area contributed by atoms with Crippen molar-refractivity contribution in [3.8, 4) is 0 Å². The van der Waals surface area contributed by atoms with Crippen LogP contribution in [-0.2, 0) is 14.1 Å². The Kier molecular flexibility index (Phi) is 12.1. The number of benzene rings is 2. The molecule has 8 nitrogen and oxygen atoms in total. The van der Waals surface area contributed by atoms with Crippen molar-refractivity contribution < 1.29 is 10.2 Å². The van der Waals surface area contributed by atoms with Crippen LogP contribution in [0.25, 0.3) is 0 Å². The molecule has 4 heterocycles. The fraction of sp³-hybridized carbons (Fsp3) is 0.500. The Morgan fingerprint density at radius 2 is 1.06 bits per heavy atom. The molecule has 0 saturated carbocycles. The molecule has 0 fully saturated rings. The molecular formula is C36H48Cl2N6O2S2. The third-order valence-corrected chi connectivity index (χ3v) is 13.4. The minimum absolute atomic E-state index is 0.181. The summed E-state index contributed by atoms with van der Waals surface area (Å²) in [7, 11) is 3.96. The van der Waals surface area contributed by atoms with Crippen molar-refractivity contribution >= 4 is 58.4 Å². The van der Waals surface area contributed by atoms with Gasteiger partial charge in [-0.3, -0.25) is 9.36 Å². The van der Waals surface area contributed by atoms with Crippen LogP contribution in [0.2, 0.25) is 10.0 Å². The number of nitrogens with zero attached hydrogens (tertiary/aromatic N) is 4. The number of aliphatic hydroxyl groups excluding tert-OH is 2. The summed E-state index contributed by atoms with van der Waals surface area (Å²) in [6.07, 6.45) is 1.53. The van der Waals surface area contributed by atoms with E-state index in [0.29, 0.717) is 10.5 Å². The molecule has 6 atom stereocenters. The van der Waals surface area contributed by atoms with Crippen LogP contribution in [0.1, 0.15) is 82.0 Å². The van der Waals surface area contributed by atoms with Crippen LogP contribution in [0.15, 0.2) is 36.4 Å². The lowest BCUT2D eigenvalue weighted by Crippen LogP contribution is -2.29. The number of nitrogens with one attached hydrogen (secondary N) is 2. The normalized spacial score (nSPS) is 23.5. The molecular weight excluding hydrogens is 683 g/mol. The summed E-state index contributed by atoms with van der Waals surface area (Å²) in [5.74, 6) is 2.15. The number of aromatic nitrogens is 4. The van der Waals surface area contributed by atoms with Crippen LogP contribution in [0.5, 0.6) is 0 Å². The molecule has 0 bridgehead atoms. The van der Waals surface area contributed by atoms with Crippen LogP contribution in [0, 0.1) is 27.7 Å². The van der Waals surface area contributed by atoms with Gasteiger partial charge in [-0.1, -0.05) is 35.3 Å². The van der Waals surface area contributed by atoms with Crippen molar-refractivity contribution in [2.24, 2.45) is 14.1 Å². The maximum Gasteiger partial charge on any atom is 0.129 e. The summed E-state index contributed by atoms with van der Waals surface area (Å²) in [4.78, 5) is 0. The third-order valence-electron chi connectivity index (χ3n) is 9.38. The molecule has 2 aliphatic heterocycles. The number of aliphatic hydroxyl groups is 2. The molecule has 2 aliphatic rings. The quantitative estimate of drug-likeness (QED) is 0.158. The largest absolute Gasteiger partial charge is 0.396 e. The van der Waals surface area contributed by atoms with Gasteiger partial charge >= 0.3 is 0 Å². The minimum atomic E-state index is 0.181. The number of anilines is 2. The van der Waals surface area contributed by atoms with Crippen molar-refractivity contribution in [1.29, 1.82) is 0 Å². The zero-order chi connectivity index (χ0) is 34.9. The Morgan fingerprint density at radius 3 is 1.40 bits per heavy atom. The first-order valence-corrected chi connectivity index (χ1v) is 19.1. The predicted octanol–water partition coefficient (Wildman–Crippen LogP) is 8.16. The summed E-state index contributed by atoms with van der Waals surface area (Å²) in [5, 5.41) is 38.0. The molecule has 0 aliphatic carbocycles. The minimum Gasteiger partial charge on any atom is -0.396 e. The van der Waals surface area contributed by atoms with Crippen LogP contribution < -0.4 is 10.6 Å². The lowest BCUT2D eigenvalue weighted by molar-refractivity contribution is 0.284. The van der Waals surface area contributed by atoms with E-state index in [0.717, 1.165) is 45.9 Å². The van der Waals surface area contributed by atoms with Gasteiger partial charge in [0.2, 0.25) is 0 Å². The van der Waals surface area contributed by atoms with E-state index in [-0.39, 0.29) is 35.8 Å². The molecule has 0 unspecified atom stereocenters. The van der Waals surface area contributed by atoms with E-state index < -0.39 is 0 Å². The summed E-state index contributed by atoms with van der Waals surface area (Å²) < 4.78 is 3.86. The predicted molar refractivity (Wildman–Crippen MR) is 204 cm³/mol. The Labute approximate surface area is 303 Å². The number of halogens is 2. The molecule has 0 amide bonds. The lowest BCUT2D eigenvalue weighted by Gasteiger charge is -2.25. The number of aryl methyl sites for hydroxylation is 6. The number of thioether (sulfide) groups is 2. The highest BCUT2D eigenvalue weighted by atomic mass is 35.5. The second kappa shape index (κ2) is 15.7. The third kappa shape index (κ3) is 7.69. The van der Waals surface area contributed by atoms with E-state index in [1.807, 2.05) is 71.2 Å². The first kappa shape index (κ1) is 36.9. The van der Waals surface area contributed by atoms with Crippen molar-refractivity contribution in [2.75, 3.05) is 23.8 Å². The zero-order valence-electron chi connectivity index (χ0n) is 29.0. The average molecular weight is 732 g/mol. The molecule has 12 heteroatoms. The highest BCUT2D eigenvalue weighted by Crippen LogP contribution is 2.49. The fourth-order valence-corrected chi connectivity index (χ4v) is 10.8. The smallest absolute Gasteiger partial charge is 0.129 e. The standard InChI is InChI=1S/2C18H24ClN3OS/c2*1-10-9-13(19)5-6-14(10)17-16-12(3)21-22(4)18(16)20-11(2)15(24-17)7-8-23/h2*5-6,9,11,15,17,20,23H,7-8H2,1-4H3/t2*11-,15+,17+/m10/s1. The molecule has 0 radical (unpaired) electrons. The zero-order valence-corrected chi connectivity index (χ0v) is 32.2. The van der Waals surface area contributed by atoms with Crippen LogP contribution in [0.3, 0.4) is 0 Å². The highest BCUT2D eigenvalue weighted by molar-refractivity contribution is 8.00. The summed E-state index contributed by atoms with van der Waals surface area (Å²) in [6, 6.07) is 12.7. The summed E-state index contributed by atoms with van der Waals surface area (Å²) in [5.41, 5.74) is 9.46. The van der Waals surface area contributed by atoms with Crippen LogP contribution in [0.4, 0.5) is 11.6 Å². The van der Waals surface area contributed by atoms with E-state index in [4.69, 9.17) is 23.2 Å². The number of rotatable bonds is 6. The first-order chi connectivity index (χ1) is 22.8. The Balaban J connectivity index is 0.000000188. The molecule has 0 saturated heterocycles. The van der Waals surface area contributed by atoms with Crippen molar-refractivity contribution in [2.45, 2.75) is 87.5 Å². The monoisotopic (exact) mass is 730 g/mol. The topological polar surface area (TPSA) is 100 Å². The molecule has 6 rings (SSSR count). The van der Waals surface area contributed by atoms with Crippen molar-refractivity contribution in [1.82, 2.24) is 19.6 Å². The van der Waals surface area contributed by atoms with Gasteiger partial charge < -0.3 is 20.8 Å². The van der Waals surface area contributed by atoms with Crippen LogP contribution >= 0.6 is 46.7 Å². The molecule has 2 aromatic heterocycles. The molecule has 4 N–H and O–H groups in total. The Hall–Kier alpha value is -2.34. The second-order valence-electron chi connectivity index (χ2n) is 12.9. The van der Waals surface area contributed by atoms with Crippen molar-refractivity contribution in [3.05, 3.63) is 91.2 Å². The van der Waals surface area contributed by atoms with E-state index in [9.17, 15) is 10.2 Å². The SMILES string of the molecule is Cc1cc(Cl)ccc1[C@@H]1S[C@@H](CCO)[C@@H](C)Nc2c1c(C)nn2C.Cc1cc(Cl)ccc1[C@H]1S[C@H](CCO)[C@H](C)Nc2c1c(C)nn2C. The van der Waals surface area contributed by atoms with E-state index in [2.05, 4.69) is 74.5 Å². The maximum absolute atomic E-state index is 9.48. The second-order valence-corrected chi connectivity index (χ2v) is 16.5. The van der Waals surface area contributed by atoms with Crippen LogP contribution in [-0.4, -0.2) is 65.6 Å². The van der Waals surface area contributed by atoms with Gasteiger partial charge in [0.05, 0.1) is 21.9 Å². The fourth-order valence-electron chi connectivity index (χ4n) is 6.87. The molecule has 4 aromatic rings. The van der Waals surface area contributed by atoms with E-state index in [1.165, 1.54) is 33.4 Å². The number of fused-ring (bicyclic) bond motifs is 2. The summed E-state index contributed by atoms with van der Waals surface area (Å²) in [6.45, 7) is 13.1. The van der Waals surface area contributed by atoms with Crippen molar-refractivity contribution in [3.63, 3.8) is 0 Å². The van der Waals surface area contributed by atoms with Gasteiger partial charge in [-0.15, -0.1) is 23.5 Å². The Morgan fingerprint density at radius 1 is 0.688 bits per heavy atom. The molecule has 260 valence electrons. The van der Waals surface area contributed by atoms with Gasteiger partial charge in [-0.2, -0.15) is 10.2 Å². The van der Waals surface area contributed by atoms with Gasteiger partial charge in [0.25, 0.3) is 0 Å². The van der Waals surface area contributed by atoms with Gasteiger partial charge in [-0.05, 0) is 101 Å². The van der Waals surface area contributed by atoms with E-state index >= 15 is 0 Å². The summed E-state index contributed by atoms with van der Waals surface area (Å²) >= 11 is 16.1. The molecule has 0 spiro atoms. The van der Waals surface area contributed by atoms with Gasteiger partial charge in [0.15, 0.2) is 0 Å². The number of hydrogen-bond acceptors (Lipinski definition) is 8. The highest BCUT2D eigenvalue weighted by Gasteiger charge is 2.36. The van der Waals surface area contributed by atoms with Gasteiger partial charge in [0.1, 0.15) is 11.6 Å². The Bertz CT molecular complexity index is 1620. The molecule has 2 aromatic carbocycles. The molecule has 48 heavy (non-hydrogen) atoms. The lowest BCUT2D eigenvalue weighted by atomic mass is 9.99. The maximum atomic E-state index is 9.48. The average Bonchev–Trinajstić information content (AvgIpc) is 3.31. The van der Waals surface area contributed by atoms with Gasteiger partial charge in [0, 0.05) is 71.1 Å². The first-order valence-electron chi connectivity index (χ1n) is 16.5. The van der Waals surface area contributed by atoms with Gasteiger partial charge in [-0.25, -0.2) is 0 Å². The number of hydrogen-bond donors (Lipinski definition) is 4. The van der Waals surface area contributed by atoms with E-state index in [1.54, 1.807) is 0 Å².